The number of hydrogen-bond acceptors (Lipinski definition) is 7. The van der Waals surface area contributed by atoms with E-state index in [0.29, 0.717) is 5.56 Å². The Morgan fingerprint density at radius 1 is 1.00 bits per heavy atom. The molecule has 0 fully saturated rings. The quantitative estimate of drug-likeness (QED) is 0.465. The number of nitrogens with zero attached hydrogens (tertiary/aromatic N) is 2. The van der Waals surface area contributed by atoms with Crippen LogP contribution in [0.1, 0.15) is 5.56 Å². The Labute approximate surface area is 130 Å². The monoisotopic (exact) mass is 338 g/mol. The second-order valence-electron chi connectivity index (χ2n) is 4.52. The summed E-state index contributed by atoms with van der Waals surface area (Å²) < 4.78 is 29.2. The highest BCUT2D eigenvalue weighted by molar-refractivity contribution is 7.87. The molecule has 0 amide bonds. The zero-order chi connectivity index (χ0) is 17.2. The number of rotatable bonds is 5. The van der Waals surface area contributed by atoms with E-state index in [9.17, 15) is 28.6 Å². The SMILES string of the molecule is Cc1ccc(S(=O)(=O)Oc2cccc([N+](=O)[O-])c2)c([N+](=O)[O-])c1. The van der Waals surface area contributed by atoms with E-state index < -0.39 is 30.5 Å². The molecule has 10 heteroatoms. The van der Waals surface area contributed by atoms with Crippen molar-refractivity contribution in [2.75, 3.05) is 0 Å². The average Bonchev–Trinajstić information content (AvgIpc) is 2.46. The number of non-ortho nitro benzene ring substituents is 1. The number of nitro groups is 2. The van der Waals surface area contributed by atoms with Crippen molar-refractivity contribution in [2.24, 2.45) is 0 Å². The molecular formula is C13H10N2O7S. The summed E-state index contributed by atoms with van der Waals surface area (Å²) in [5.41, 5.74) is -0.488. The van der Waals surface area contributed by atoms with Gasteiger partial charge in [-0.1, -0.05) is 12.1 Å². The van der Waals surface area contributed by atoms with Gasteiger partial charge in [0, 0.05) is 12.1 Å². The molecule has 0 heterocycles. The van der Waals surface area contributed by atoms with Gasteiger partial charge in [0.2, 0.25) is 0 Å². The van der Waals surface area contributed by atoms with Crippen LogP contribution in [-0.4, -0.2) is 18.3 Å². The Balaban J connectivity index is 2.46. The Kier molecular flexibility index (Phi) is 4.27. The third-order valence-electron chi connectivity index (χ3n) is 2.81. The second-order valence-corrected chi connectivity index (χ2v) is 6.03. The predicted octanol–water partition coefficient (Wildman–Crippen LogP) is 2.58. The lowest BCUT2D eigenvalue weighted by atomic mass is 10.2. The number of benzene rings is 2. The maximum atomic E-state index is 12.2. The Hall–Kier alpha value is -3.01. The third kappa shape index (κ3) is 3.61. The lowest BCUT2D eigenvalue weighted by molar-refractivity contribution is -0.387. The number of nitro benzene ring substituents is 2. The summed E-state index contributed by atoms with van der Waals surface area (Å²) in [4.78, 5) is 19.5. The van der Waals surface area contributed by atoms with E-state index in [0.717, 1.165) is 24.3 Å². The van der Waals surface area contributed by atoms with Crippen molar-refractivity contribution < 1.29 is 22.4 Å². The predicted molar refractivity (Wildman–Crippen MR) is 78.7 cm³/mol. The van der Waals surface area contributed by atoms with Crippen molar-refractivity contribution in [3.05, 3.63) is 68.3 Å². The zero-order valence-electron chi connectivity index (χ0n) is 11.7. The minimum atomic E-state index is -4.51. The molecule has 0 saturated carbocycles. The first-order valence-corrected chi connectivity index (χ1v) is 7.55. The van der Waals surface area contributed by atoms with Crippen LogP contribution in [0.2, 0.25) is 0 Å². The molecule has 0 saturated heterocycles. The minimum Gasteiger partial charge on any atom is -0.379 e. The fourth-order valence-electron chi connectivity index (χ4n) is 1.80. The van der Waals surface area contributed by atoms with Crippen LogP contribution in [-0.2, 0) is 10.1 Å². The van der Waals surface area contributed by atoms with E-state index >= 15 is 0 Å². The van der Waals surface area contributed by atoms with E-state index in [1.807, 2.05) is 0 Å². The van der Waals surface area contributed by atoms with E-state index in [2.05, 4.69) is 0 Å². The molecule has 120 valence electrons. The smallest absolute Gasteiger partial charge is 0.346 e. The van der Waals surface area contributed by atoms with Crippen molar-refractivity contribution >= 4 is 21.5 Å². The summed E-state index contributed by atoms with van der Waals surface area (Å²) in [7, 11) is -4.51. The molecule has 0 aromatic heterocycles. The van der Waals surface area contributed by atoms with E-state index in [1.54, 1.807) is 6.92 Å². The lowest BCUT2D eigenvalue weighted by Crippen LogP contribution is -2.12. The van der Waals surface area contributed by atoms with Crippen LogP contribution in [0.15, 0.2) is 47.4 Å². The van der Waals surface area contributed by atoms with Crippen molar-refractivity contribution in [3.63, 3.8) is 0 Å². The highest BCUT2D eigenvalue weighted by Gasteiger charge is 2.28. The highest BCUT2D eigenvalue weighted by atomic mass is 32.2. The number of hydrogen-bond donors (Lipinski definition) is 0. The van der Waals surface area contributed by atoms with Crippen LogP contribution in [0.4, 0.5) is 11.4 Å². The molecular weight excluding hydrogens is 328 g/mol. The topological polar surface area (TPSA) is 130 Å². The molecule has 2 aromatic rings. The van der Waals surface area contributed by atoms with Crippen molar-refractivity contribution in [1.82, 2.24) is 0 Å². The molecule has 0 N–H and O–H groups in total. The molecule has 0 aliphatic rings. The third-order valence-corrected chi connectivity index (χ3v) is 4.11. The molecule has 0 spiro atoms. The first-order valence-electron chi connectivity index (χ1n) is 6.15. The molecule has 0 radical (unpaired) electrons. The molecule has 23 heavy (non-hydrogen) atoms. The normalized spacial score (nSPS) is 11.0. The number of aryl methyl sites for hydroxylation is 1. The van der Waals surface area contributed by atoms with Gasteiger partial charge in [-0.25, -0.2) is 0 Å². The average molecular weight is 338 g/mol. The molecule has 2 aromatic carbocycles. The molecule has 0 atom stereocenters. The fourth-order valence-corrected chi connectivity index (χ4v) is 2.87. The Bertz CT molecular complexity index is 893. The van der Waals surface area contributed by atoms with Crippen molar-refractivity contribution in [1.29, 1.82) is 0 Å². The van der Waals surface area contributed by atoms with E-state index in [1.165, 1.54) is 18.2 Å². The van der Waals surface area contributed by atoms with Gasteiger partial charge in [-0.05, 0) is 24.6 Å². The van der Waals surface area contributed by atoms with E-state index in [4.69, 9.17) is 4.18 Å². The molecule has 2 rings (SSSR count). The van der Waals surface area contributed by atoms with Gasteiger partial charge in [-0.15, -0.1) is 0 Å². The summed E-state index contributed by atoms with van der Waals surface area (Å²) >= 11 is 0. The maximum Gasteiger partial charge on any atom is 0.346 e. The molecule has 0 aliphatic heterocycles. The van der Waals surface area contributed by atoms with Gasteiger partial charge in [0.25, 0.3) is 11.4 Å². The first kappa shape index (κ1) is 16.4. The largest absolute Gasteiger partial charge is 0.379 e. The van der Waals surface area contributed by atoms with Crippen LogP contribution in [0.5, 0.6) is 5.75 Å². The van der Waals surface area contributed by atoms with Gasteiger partial charge >= 0.3 is 10.1 Å². The Morgan fingerprint density at radius 2 is 1.70 bits per heavy atom. The van der Waals surface area contributed by atoms with Crippen LogP contribution in [0.25, 0.3) is 0 Å². The lowest BCUT2D eigenvalue weighted by Gasteiger charge is -2.07. The minimum absolute atomic E-state index is 0.311. The van der Waals surface area contributed by atoms with Gasteiger partial charge < -0.3 is 4.18 Å². The summed E-state index contributed by atoms with van der Waals surface area (Å²) in [5.74, 6) is -0.311. The first-order chi connectivity index (χ1) is 10.7. The van der Waals surface area contributed by atoms with Gasteiger partial charge in [0.15, 0.2) is 4.90 Å². The summed E-state index contributed by atoms with van der Waals surface area (Å²) in [5, 5.41) is 21.7. The summed E-state index contributed by atoms with van der Waals surface area (Å²) in [6.07, 6.45) is 0. The van der Waals surface area contributed by atoms with Gasteiger partial charge in [0.1, 0.15) is 5.75 Å². The second kappa shape index (κ2) is 6.01. The van der Waals surface area contributed by atoms with E-state index in [-0.39, 0.29) is 11.4 Å². The van der Waals surface area contributed by atoms with Gasteiger partial charge in [0.05, 0.1) is 15.9 Å². The standard InChI is InChI=1S/C13H10N2O7S/c1-9-5-6-13(12(7-9)15(18)19)23(20,21)22-11-4-2-3-10(8-11)14(16)17/h2-8H,1H3. The van der Waals surface area contributed by atoms with Crippen molar-refractivity contribution in [3.8, 4) is 5.75 Å². The maximum absolute atomic E-state index is 12.2. The fraction of sp³-hybridized carbons (Fsp3) is 0.0769. The van der Waals surface area contributed by atoms with Crippen molar-refractivity contribution in [2.45, 2.75) is 11.8 Å². The van der Waals surface area contributed by atoms with Gasteiger partial charge in [-0.2, -0.15) is 8.42 Å². The zero-order valence-corrected chi connectivity index (χ0v) is 12.5. The summed E-state index contributed by atoms with van der Waals surface area (Å²) in [6, 6.07) is 8.06. The molecule has 0 aliphatic carbocycles. The van der Waals surface area contributed by atoms with Gasteiger partial charge in [-0.3, -0.25) is 20.2 Å². The molecule has 9 nitrogen and oxygen atoms in total. The highest BCUT2D eigenvalue weighted by Crippen LogP contribution is 2.29. The Morgan fingerprint density at radius 3 is 2.30 bits per heavy atom. The molecule has 0 unspecified atom stereocenters. The molecule has 0 bridgehead atoms. The van der Waals surface area contributed by atoms with Crippen LogP contribution in [0, 0.1) is 27.2 Å². The van der Waals surface area contributed by atoms with Crippen LogP contribution in [0.3, 0.4) is 0 Å². The van der Waals surface area contributed by atoms with Crippen LogP contribution < -0.4 is 4.18 Å². The summed E-state index contributed by atoms with van der Waals surface area (Å²) in [6.45, 7) is 1.57. The van der Waals surface area contributed by atoms with Crippen LogP contribution >= 0.6 is 0 Å².